The van der Waals surface area contributed by atoms with Crippen molar-refractivity contribution < 1.29 is 0 Å². The summed E-state index contributed by atoms with van der Waals surface area (Å²) in [5.41, 5.74) is 5.56. The van der Waals surface area contributed by atoms with E-state index in [0.717, 1.165) is 18.4 Å². The lowest BCUT2D eigenvalue weighted by molar-refractivity contribution is 0.162. The van der Waals surface area contributed by atoms with E-state index in [1.165, 1.54) is 58.2 Å². The minimum Gasteiger partial charge on any atom is -0.330 e. The summed E-state index contributed by atoms with van der Waals surface area (Å²) in [5, 5.41) is 0. The molecule has 0 amide bonds. The second kappa shape index (κ2) is 5.13. The van der Waals surface area contributed by atoms with E-state index in [0.29, 0.717) is 0 Å². The molecule has 14 heavy (non-hydrogen) atoms. The van der Waals surface area contributed by atoms with Gasteiger partial charge in [-0.15, -0.1) is 0 Å². The quantitative estimate of drug-likeness (QED) is 0.727. The first-order valence-electron chi connectivity index (χ1n) is 6.31. The molecular weight excluding hydrogens is 172 g/mol. The number of rotatable bonds is 5. The molecule has 1 saturated heterocycles. The molecule has 1 heterocycles. The zero-order valence-electron chi connectivity index (χ0n) is 9.25. The van der Waals surface area contributed by atoms with Gasteiger partial charge in [-0.05, 0) is 63.5 Å². The molecule has 0 aromatic rings. The van der Waals surface area contributed by atoms with Gasteiger partial charge in [0.25, 0.3) is 0 Å². The van der Waals surface area contributed by atoms with E-state index in [4.69, 9.17) is 5.73 Å². The second-order valence-corrected chi connectivity index (χ2v) is 5.14. The van der Waals surface area contributed by atoms with E-state index in [-0.39, 0.29) is 0 Å². The molecule has 1 atom stereocenters. The molecule has 2 rings (SSSR count). The van der Waals surface area contributed by atoms with Crippen LogP contribution in [0.25, 0.3) is 0 Å². The molecule has 0 aromatic heterocycles. The lowest BCUT2D eigenvalue weighted by Crippen LogP contribution is -2.36. The molecule has 0 radical (unpaired) electrons. The number of likely N-dealkylation sites (tertiary alicyclic amines) is 1. The molecule has 2 aliphatic rings. The maximum Gasteiger partial charge on any atom is 0.000979 e. The van der Waals surface area contributed by atoms with Gasteiger partial charge in [-0.1, -0.05) is 0 Å². The summed E-state index contributed by atoms with van der Waals surface area (Å²) in [6.07, 6.45) is 8.43. The Morgan fingerprint density at radius 1 is 1.14 bits per heavy atom. The van der Waals surface area contributed by atoms with Crippen LogP contribution in [-0.4, -0.2) is 31.1 Å². The highest BCUT2D eigenvalue weighted by Crippen LogP contribution is 2.31. The standard InChI is InChI=1S/C12H24N2/c13-7-1-3-11-4-2-8-14(9-11)10-12-5-6-12/h11-12H,1-10,13H2. The van der Waals surface area contributed by atoms with E-state index in [1.807, 2.05) is 0 Å². The average molecular weight is 196 g/mol. The Bertz CT molecular complexity index is 166. The Kier molecular flexibility index (Phi) is 3.82. The summed E-state index contributed by atoms with van der Waals surface area (Å²) in [5.74, 6) is 2.01. The topological polar surface area (TPSA) is 29.3 Å². The predicted octanol–water partition coefficient (Wildman–Crippen LogP) is 1.85. The highest BCUT2D eigenvalue weighted by molar-refractivity contribution is 4.80. The minimum atomic E-state index is 0.874. The monoisotopic (exact) mass is 196 g/mol. The molecule has 0 spiro atoms. The van der Waals surface area contributed by atoms with Crippen LogP contribution in [0.5, 0.6) is 0 Å². The molecule has 1 aliphatic carbocycles. The molecular formula is C12H24N2. The van der Waals surface area contributed by atoms with Crippen molar-refractivity contribution in [2.45, 2.75) is 38.5 Å². The molecule has 82 valence electrons. The molecule has 0 aromatic carbocycles. The Morgan fingerprint density at radius 3 is 2.71 bits per heavy atom. The number of nitrogens with zero attached hydrogens (tertiary/aromatic N) is 1. The molecule has 2 N–H and O–H groups in total. The third-order valence-electron chi connectivity index (χ3n) is 3.63. The fraction of sp³-hybridized carbons (Fsp3) is 1.00. The SMILES string of the molecule is NCCCC1CCCN(CC2CC2)C1. The maximum atomic E-state index is 5.56. The molecule has 1 saturated carbocycles. The van der Waals surface area contributed by atoms with Crippen molar-refractivity contribution in [3.8, 4) is 0 Å². The number of nitrogens with two attached hydrogens (primary N) is 1. The van der Waals surface area contributed by atoms with E-state index >= 15 is 0 Å². The largest absolute Gasteiger partial charge is 0.330 e. The Labute approximate surface area is 87.8 Å². The summed E-state index contributed by atoms with van der Waals surface area (Å²) in [7, 11) is 0. The van der Waals surface area contributed by atoms with Crippen molar-refractivity contribution in [1.29, 1.82) is 0 Å². The first-order valence-corrected chi connectivity index (χ1v) is 6.31. The zero-order valence-corrected chi connectivity index (χ0v) is 9.25. The van der Waals surface area contributed by atoms with Gasteiger partial charge in [0.05, 0.1) is 0 Å². The van der Waals surface area contributed by atoms with Crippen LogP contribution in [-0.2, 0) is 0 Å². The summed E-state index contributed by atoms with van der Waals surface area (Å²) in [4.78, 5) is 2.70. The Hall–Kier alpha value is -0.0800. The molecule has 1 aliphatic heterocycles. The number of hydrogen-bond donors (Lipinski definition) is 1. The van der Waals surface area contributed by atoms with Crippen LogP contribution in [0.15, 0.2) is 0 Å². The van der Waals surface area contributed by atoms with Crippen LogP contribution in [0.4, 0.5) is 0 Å². The first-order chi connectivity index (χ1) is 6.88. The summed E-state index contributed by atoms with van der Waals surface area (Å²) in [6.45, 7) is 4.98. The van der Waals surface area contributed by atoms with E-state index in [1.54, 1.807) is 0 Å². The van der Waals surface area contributed by atoms with E-state index in [9.17, 15) is 0 Å². The third-order valence-corrected chi connectivity index (χ3v) is 3.63. The van der Waals surface area contributed by atoms with Crippen LogP contribution in [0.2, 0.25) is 0 Å². The maximum absolute atomic E-state index is 5.56. The van der Waals surface area contributed by atoms with Crippen LogP contribution in [0, 0.1) is 11.8 Å². The molecule has 0 bridgehead atoms. The van der Waals surface area contributed by atoms with Crippen LogP contribution in [0.1, 0.15) is 38.5 Å². The lowest BCUT2D eigenvalue weighted by atomic mass is 9.93. The average Bonchev–Trinajstić information content (AvgIpc) is 2.99. The van der Waals surface area contributed by atoms with Crippen molar-refractivity contribution in [1.82, 2.24) is 4.90 Å². The van der Waals surface area contributed by atoms with Gasteiger partial charge in [0.15, 0.2) is 0 Å². The third kappa shape index (κ3) is 3.25. The van der Waals surface area contributed by atoms with Gasteiger partial charge in [-0.25, -0.2) is 0 Å². The van der Waals surface area contributed by atoms with Crippen LogP contribution >= 0.6 is 0 Å². The molecule has 2 nitrogen and oxygen atoms in total. The molecule has 2 heteroatoms. The number of hydrogen-bond acceptors (Lipinski definition) is 2. The summed E-state index contributed by atoms with van der Waals surface area (Å²) >= 11 is 0. The predicted molar refractivity (Wildman–Crippen MR) is 60.2 cm³/mol. The van der Waals surface area contributed by atoms with Gasteiger partial charge >= 0.3 is 0 Å². The van der Waals surface area contributed by atoms with Gasteiger partial charge in [0.1, 0.15) is 0 Å². The van der Waals surface area contributed by atoms with E-state index in [2.05, 4.69) is 4.90 Å². The summed E-state index contributed by atoms with van der Waals surface area (Å²) < 4.78 is 0. The van der Waals surface area contributed by atoms with Gasteiger partial charge in [-0.2, -0.15) is 0 Å². The van der Waals surface area contributed by atoms with Crippen LogP contribution < -0.4 is 5.73 Å². The fourth-order valence-corrected chi connectivity index (χ4v) is 2.62. The van der Waals surface area contributed by atoms with Crippen molar-refractivity contribution in [2.24, 2.45) is 17.6 Å². The normalized spacial score (nSPS) is 29.4. The smallest absolute Gasteiger partial charge is 0.000979 e. The van der Waals surface area contributed by atoms with Gasteiger partial charge < -0.3 is 10.6 Å². The van der Waals surface area contributed by atoms with Crippen molar-refractivity contribution in [3.63, 3.8) is 0 Å². The van der Waals surface area contributed by atoms with Crippen molar-refractivity contribution >= 4 is 0 Å². The Morgan fingerprint density at radius 2 is 2.00 bits per heavy atom. The first kappa shape index (κ1) is 10.4. The second-order valence-electron chi connectivity index (χ2n) is 5.14. The Balaban J connectivity index is 1.66. The highest BCUT2D eigenvalue weighted by Gasteiger charge is 2.27. The fourth-order valence-electron chi connectivity index (χ4n) is 2.62. The minimum absolute atomic E-state index is 0.874. The summed E-state index contributed by atoms with van der Waals surface area (Å²) in [6, 6.07) is 0. The molecule has 1 unspecified atom stereocenters. The highest BCUT2D eigenvalue weighted by atomic mass is 15.1. The number of piperidine rings is 1. The van der Waals surface area contributed by atoms with Crippen molar-refractivity contribution in [3.05, 3.63) is 0 Å². The van der Waals surface area contributed by atoms with Crippen molar-refractivity contribution in [2.75, 3.05) is 26.2 Å². The lowest BCUT2D eigenvalue weighted by Gasteiger charge is -2.32. The van der Waals surface area contributed by atoms with Gasteiger partial charge in [0, 0.05) is 13.1 Å². The zero-order chi connectivity index (χ0) is 9.80. The van der Waals surface area contributed by atoms with Gasteiger partial charge in [-0.3, -0.25) is 0 Å². The van der Waals surface area contributed by atoms with Gasteiger partial charge in [0.2, 0.25) is 0 Å². The van der Waals surface area contributed by atoms with E-state index < -0.39 is 0 Å². The van der Waals surface area contributed by atoms with Crippen LogP contribution in [0.3, 0.4) is 0 Å². The molecule has 2 fully saturated rings.